The normalized spacial score (nSPS) is 16.1. The summed E-state index contributed by atoms with van der Waals surface area (Å²) in [5, 5.41) is 10.0. The molecule has 0 aliphatic heterocycles. The number of fused-ring (bicyclic) bond motifs is 1. The molecule has 1 fully saturated rings. The third-order valence-electron chi connectivity index (χ3n) is 4.52. The number of H-pyrrole nitrogens is 1. The molecule has 136 valence electrons. The number of aliphatic hydroxyl groups is 1. The van der Waals surface area contributed by atoms with E-state index in [1.165, 1.54) is 30.8 Å². The van der Waals surface area contributed by atoms with Crippen molar-refractivity contribution in [2.75, 3.05) is 6.61 Å². The molecule has 1 saturated carbocycles. The number of nitrogens with one attached hydrogen (secondary N) is 2. The molecule has 1 aliphatic carbocycles. The second-order valence-corrected chi connectivity index (χ2v) is 8.42. The number of rotatable bonds is 6. The van der Waals surface area contributed by atoms with E-state index in [0.717, 1.165) is 16.6 Å². The number of aliphatic hydroxyl groups excluding tert-OH is 1. The van der Waals surface area contributed by atoms with Crippen molar-refractivity contribution in [3.63, 3.8) is 0 Å². The third-order valence-corrected chi connectivity index (χ3v) is 6.10. The fourth-order valence-corrected chi connectivity index (χ4v) is 4.13. The largest absolute Gasteiger partial charge is 0.395 e. The van der Waals surface area contributed by atoms with E-state index in [9.17, 15) is 8.42 Å². The lowest BCUT2D eigenvalue weighted by Gasteiger charge is -2.11. The van der Waals surface area contributed by atoms with E-state index in [1.807, 2.05) is 6.07 Å². The van der Waals surface area contributed by atoms with Crippen molar-refractivity contribution in [1.82, 2.24) is 19.7 Å². The van der Waals surface area contributed by atoms with Crippen LogP contribution in [0.15, 0.2) is 41.6 Å². The lowest BCUT2D eigenvalue weighted by molar-refractivity contribution is 0.265. The summed E-state index contributed by atoms with van der Waals surface area (Å²) in [6, 6.07) is 6.66. The van der Waals surface area contributed by atoms with Gasteiger partial charge in [-0.3, -0.25) is 4.98 Å². The van der Waals surface area contributed by atoms with E-state index in [0.29, 0.717) is 11.6 Å². The van der Waals surface area contributed by atoms with E-state index in [1.54, 1.807) is 19.2 Å². The summed E-state index contributed by atoms with van der Waals surface area (Å²) in [5.41, 5.74) is 3.62. The minimum atomic E-state index is -3.70. The van der Waals surface area contributed by atoms with Crippen LogP contribution in [0.2, 0.25) is 0 Å². The smallest absolute Gasteiger partial charge is 0.242 e. The van der Waals surface area contributed by atoms with Crippen LogP contribution in [0.25, 0.3) is 22.3 Å². The second kappa shape index (κ2) is 6.46. The van der Waals surface area contributed by atoms with Crippen LogP contribution in [-0.2, 0) is 10.0 Å². The molecule has 0 unspecified atom stereocenters. The van der Waals surface area contributed by atoms with Crippen LogP contribution < -0.4 is 4.72 Å². The maximum atomic E-state index is 12.3. The highest BCUT2D eigenvalue weighted by molar-refractivity contribution is 7.89. The molecule has 8 heteroatoms. The van der Waals surface area contributed by atoms with Gasteiger partial charge in [0.05, 0.1) is 12.3 Å². The molecular formula is C18H20N4O3S. The number of sulfonamides is 1. The number of aromatic nitrogens is 3. The molecule has 7 nitrogen and oxygen atoms in total. The minimum absolute atomic E-state index is 0.0691. The summed E-state index contributed by atoms with van der Waals surface area (Å²) >= 11 is 0. The average molecular weight is 372 g/mol. The van der Waals surface area contributed by atoms with Crippen LogP contribution in [0.5, 0.6) is 0 Å². The third kappa shape index (κ3) is 3.23. The Kier molecular flexibility index (Phi) is 4.26. The van der Waals surface area contributed by atoms with Crippen LogP contribution in [0.1, 0.15) is 31.4 Å². The van der Waals surface area contributed by atoms with Gasteiger partial charge < -0.3 is 10.1 Å². The Hall–Kier alpha value is -2.29. The molecule has 3 N–H and O–H groups in total. The molecule has 0 saturated heterocycles. The Bertz CT molecular complexity index is 1040. The van der Waals surface area contributed by atoms with Crippen LogP contribution >= 0.6 is 0 Å². The zero-order valence-corrected chi connectivity index (χ0v) is 15.1. The van der Waals surface area contributed by atoms with Gasteiger partial charge in [-0.1, -0.05) is 0 Å². The summed E-state index contributed by atoms with van der Waals surface area (Å²) in [6.45, 7) is 1.33. The van der Waals surface area contributed by atoms with Gasteiger partial charge in [-0.05, 0) is 49.9 Å². The topological polar surface area (TPSA) is 108 Å². The van der Waals surface area contributed by atoms with E-state index >= 15 is 0 Å². The quantitative estimate of drug-likeness (QED) is 0.614. The van der Waals surface area contributed by atoms with Crippen molar-refractivity contribution >= 4 is 21.1 Å². The molecule has 0 amide bonds. The first-order valence-electron chi connectivity index (χ1n) is 8.55. The zero-order valence-electron chi connectivity index (χ0n) is 14.3. The zero-order chi connectivity index (χ0) is 18.3. The van der Waals surface area contributed by atoms with Crippen molar-refractivity contribution in [2.45, 2.75) is 36.6 Å². The first-order valence-corrected chi connectivity index (χ1v) is 10.0. The number of aromatic amines is 1. The van der Waals surface area contributed by atoms with Crippen molar-refractivity contribution in [1.29, 1.82) is 0 Å². The Morgan fingerprint density at radius 2 is 2.12 bits per heavy atom. The second-order valence-electron chi connectivity index (χ2n) is 6.70. The summed E-state index contributed by atoms with van der Waals surface area (Å²) in [7, 11) is -3.70. The molecule has 3 aromatic rings. The molecule has 0 aromatic carbocycles. The van der Waals surface area contributed by atoms with E-state index in [4.69, 9.17) is 5.11 Å². The highest BCUT2D eigenvalue weighted by Crippen LogP contribution is 2.41. The van der Waals surface area contributed by atoms with Crippen LogP contribution in [0.4, 0.5) is 0 Å². The van der Waals surface area contributed by atoms with E-state index < -0.39 is 16.1 Å². The van der Waals surface area contributed by atoms with Crippen LogP contribution in [0, 0.1) is 0 Å². The van der Waals surface area contributed by atoms with Gasteiger partial charge in [0, 0.05) is 35.1 Å². The van der Waals surface area contributed by atoms with Gasteiger partial charge in [-0.15, -0.1) is 0 Å². The van der Waals surface area contributed by atoms with E-state index in [-0.39, 0.29) is 11.5 Å². The van der Waals surface area contributed by atoms with E-state index in [2.05, 4.69) is 25.7 Å². The molecule has 0 bridgehead atoms. The molecular weight excluding hydrogens is 352 g/mol. The molecule has 0 radical (unpaired) electrons. The van der Waals surface area contributed by atoms with Crippen LogP contribution in [-0.4, -0.2) is 41.1 Å². The molecule has 1 aliphatic rings. The van der Waals surface area contributed by atoms with Crippen LogP contribution in [0.3, 0.4) is 0 Å². The predicted octanol–water partition coefficient (Wildman–Crippen LogP) is 2.16. The molecule has 3 heterocycles. The van der Waals surface area contributed by atoms with Crippen molar-refractivity contribution in [3.05, 3.63) is 42.4 Å². The van der Waals surface area contributed by atoms with Gasteiger partial charge in [0.1, 0.15) is 10.5 Å². The SMILES string of the molecule is C[C@H](CO)NS(=O)(=O)c1ccc(-c2ccnc3[nH]c(C4CC4)cc23)nc1. The Labute approximate surface area is 151 Å². The molecule has 1 atom stereocenters. The minimum Gasteiger partial charge on any atom is -0.395 e. The molecule has 26 heavy (non-hydrogen) atoms. The molecule has 0 spiro atoms. The van der Waals surface area contributed by atoms with Gasteiger partial charge in [0.25, 0.3) is 0 Å². The first-order chi connectivity index (χ1) is 12.5. The Morgan fingerprint density at radius 3 is 2.77 bits per heavy atom. The summed E-state index contributed by atoms with van der Waals surface area (Å²) < 4.78 is 26.9. The number of pyridine rings is 2. The first kappa shape index (κ1) is 17.1. The summed E-state index contributed by atoms with van der Waals surface area (Å²) in [5.74, 6) is 0.595. The molecule has 3 aromatic heterocycles. The van der Waals surface area contributed by atoms with Gasteiger partial charge >= 0.3 is 0 Å². The van der Waals surface area contributed by atoms with Gasteiger partial charge in [0.2, 0.25) is 10.0 Å². The van der Waals surface area contributed by atoms with Crippen molar-refractivity contribution < 1.29 is 13.5 Å². The van der Waals surface area contributed by atoms with Gasteiger partial charge in [0.15, 0.2) is 0 Å². The van der Waals surface area contributed by atoms with Crippen molar-refractivity contribution in [2.24, 2.45) is 0 Å². The monoisotopic (exact) mass is 372 g/mol. The number of nitrogens with zero attached hydrogens (tertiary/aromatic N) is 2. The van der Waals surface area contributed by atoms with Gasteiger partial charge in [-0.2, -0.15) is 0 Å². The van der Waals surface area contributed by atoms with Crippen molar-refractivity contribution in [3.8, 4) is 11.3 Å². The summed E-state index contributed by atoms with van der Waals surface area (Å²) in [4.78, 5) is 12.2. The predicted molar refractivity (Wildman–Crippen MR) is 98.2 cm³/mol. The number of hydrogen-bond donors (Lipinski definition) is 3. The highest BCUT2D eigenvalue weighted by atomic mass is 32.2. The highest BCUT2D eigenvalue weighted by Gasteiger charge is 2.26. The standard InChI is InChI=1S/C18H20N4O3S/c1-11(10-23)22-26(24,25)13-4-5-16(20-9-13)14-6-7-19-18-15(14)8-17(21-18)12-2-3-12/h4-9,11-12,22-23H,2-3,10H2,1H3,(H,19,21)/t11-/m1/s1. The Balaban J connectivity index is 1.68. The maximum absolute atomic E-state index is 12.3. The lowest BCUT2D eigenvalue weighted by atomic mass is 10.1. The Morgan fingerprint density at radius 1 is 1.31 bits per heavy atom. The number of hydrogen-bond acceptors (Lipinski definition) is 5. The lowest BCUT2D eigenvalue weighted by Crippen LogP contribution is -2.35. The van der Waals surface area contributed by atoms with Gasteiger partial charge in [-0.25, -0.2) is 18.1 Å². The fourth-order valence-electron chi connectivity index (χ4n) is 2.95. The average Bonchev–Trinajstić information content (AvgIpc) is 3.39. The maximum Gasteiger partial charge on any atom is 0.242 e. The fraction of sp³-hybridized carbons (Fsp3) is 0.333. The summed E-state index contributed by atoms with van der Waals surface area (Å²) in [6.07, 6.45) is 5.46. The molecule has 4 rings (SSSR count).